The first kappa shape index (κ1) is 18.6. The van der Waals surface area contributed by atoms with Crippen molar-refractivity contribution in [1.29, 1.82) is 0 Å². The minimum absolute atomic E-state index is 0.0856. The highest BCUT2D eigenvalue weighted by Crippen LogP contribution is 2.15. The minimum Gasteiger partial charge on any atom is -0.484 e. The molecule has 0 saturated carbocycles. The van der Waals surface area contributed by atoms with Gasteiger partial charge in [-0.2, -0.15) is 0 Å². The highest BCUT2D eigenvalue weighted by Gasteiger charge is 2.09. The highest BCUT2D eigenvalue weighted by molar-refractivity contribution is 7.13. The largest absolute Gasteiger partial charge is 0.484 e. The monoisotopic (exact) mass is 381 g/mol. The molecule has 1 heterocycles. The zero-order chi connectivity index (χ0) is 19.1. The van der Waals surface area contributed by atoms with Crippen LogP contribution in [0, 0.1) is 0 Å². The fourth-order valence-corrected chi connectivity index (χ4v) is 2.85. The van der Waals surface area contributed by atoms with Gasteiger partial charge in [-0.15, -0.1) is 11.3 Å². The summed E-state index contributed by atoms with van der Waals surface area (Å²) in [6.07, 6.45) is 2.58. The van der Waals surface area contributed by atoms with E-state index in [0.717, 1.165) is 6.42 Å². The Balaban J connectivity index is 1.49. The van der Waals surface area contributed by atoms with Crippen molar-refractivity contribution in [1.82, 2.24) is 4.98 Å². The van der Waals surface area contributed by atoms with Crippen LogP contribution in [-0.2, 0) is 11.2 Å². The molecule has 0 radical (unpaired) electrons. The van der Waals surface area contributed by atoms with Crippen LogP contribution >= 0.6 is 11.3 Å². The second-order valence-electron chi connectivity index (χ2n) is 5.70. The summed E-state index contributed by atoms with van der Waals surface area (Å²) in [4.78, 5) is 28.1. The van der Waals surface area contributed by atoms with E-state index < -0.39 is 0 Å². The van der Waals surface area contributed by atoms with Gasteiger partial charge in [0.15, 0.2) is 11.7 Å². The zero-order valence-electron chi connectivity index (χ0n) is 14.8. The fourth-order valence-electron chi connectivity index (χ4n) is 2.33. The molecule has 6 nitrogen and oxygen atoms in total. The predicted molar refractivity (Wildman–Crippen MR) is 106 cm³/mol. The smallest absolute Gasteiger partial charge is 0.262 e. The van der Waals surface area contributed by atoms with Gasteiger partial charge in [0.25, 0.3) is 11.8 Å². The number of rotatable bonds is 7. The van der Waals surface area contributed by atoms with Crippen molar-refractivity contribution in [3.63, 3.8) is 0 Å². The molecule has 2 aromatic carbocycles. The van der Waals surface area contributed by atoms with E-state index in [-0.39, 0.29) is 18.4 Å². The molecule has 3 rings (SSSR count). The summed E-state index contributed by atoms with van der Waals surface area (Å²) in [6, 6.07) is 14.3. The van der Waals surface area contributed by atoms with Crippen LogP contribution in [0.4, 0.5) is 10.8 Å². The molecular weight excluding hydrogens is 362 g/mol. The number of aryl methyl sites for hydroxylation is 1. The summed E-state index contributed by atoms with van der Waals surface area (Å²) in [6.45, 7) is 2.00. The molecular formula is C20H19N3O3S. The highest BCUT2D eigenvalue weighted by atomic mass is 32.1. The van der Waals surface area contributed by atoms with Crippen molar-refractivity contribution in [2.75, 3.05) is 17.2 Å². The Labute approximate surface area is 161 Å². The van der Waals surface area contributed by atoms with Crippen molar-refractivity contribution in [3.05, 3.63) is 71.2 Å². The Morgan fingerprint density at radius 3 is 2.41 bits per heavy atom. The molecule has 2 N–H and O–H groups in total. The average Bonchev–Trinajstić information content (AvgIpc) is 3.20. The summed E-state index contributed by atoms with van der Waals surface area (Å²) in [5.74, 6) is 0.132. The number of aromatic nitrogens is 1. The van der Waals surface area contributed by atoms with E-state index in [9.17, 15) is 9.59 Å². The van der Waals surface area contributed by atoms with Gasteiger partial charge >= 0.3 is 0 Å². The third kappa shape index (κ3) is 5.39. The van der Waals surface area contributed by atoms with E-state index >= 15 is 0 Å². The molecule has 1 aromatic heterocycles. The fraction of sp³-hybridized carbons (Fsp3) is 0.150. The maximum atomic E-state index is 12.1. The standard InChI is InChI=1S/C20H19N3O3S/c1-2-14-3-9-17(10-4-14)26-13-18(24)22-16-7-5-15(6-8-16)19(25)23-20-21-11-12-27-20/h3-12H,2,13H2,1H3,(H,22,24)(H,21,23,25). The number of ether oxygens (including phenoxy) is 1. The van der Waals surface area contributed by atoms with Crippen LogP contribution < -0.4 is 15.4 Å². The second kappa shape index (κ2) is 8.95. The number of hydrogen-bond acceptors (Lipinski definition) is 5. The Bertz CT molecular complexity index is 891. The Morgan fingerprint density at radius 2 is 1.78 bits per heavy atom. The molecule has 0 saturated heterocycles. The van der Waals surface area contributed by atoms with Gasteiger partial charge in [0.2, 0.25) is 0 Å². The Kier molecular flexibility index (Phi) is 6.17. The maximum absolute atomic E-state index is 12.1. The van der Waals surface area contributed by atoms with Crippen molar-refractivity contribution < 1.29 is 14.3 Å². The van der Waals surface area contributed by atoms with Crippen LogP contribution in [0.1, 0.15) is 22.8 Å². The van der Waals surface area contributed by atoms with E-state index in [0.29, 0.717) is 22.1 Å². The molecule has 3 aromatic rings. The molecule has 0 bridgehead atoms. The summed E-state index contributed by atoms with van der Waals surface area (Å²) < 4.78 is 5.48. The summed E-state index contributed by atoms with van der Waals surface area (Å²) in [7, 11) is 0. The number of hydrogen-bond donors (Lipinski definition) is 2. The summed E-state index contributed by atoms with van der Waals surface area (Å²) >= 11 is 1.35. The number of carbonyl (C=O) groups is 2. The van der Waals surface area contributed by atoms with E-state index in [1.807, 2.05) is 24.3 Å². The van der Waals surface area contributed by atoms with Gasteiger partial charge in [-0.05, 0) is 48.4 Å². The topological polar surface area (TPSA) is 80.3 Å². The van der Waals surface area contributed by atoms with Gasteiger partial charge in [-0.1, -0.05) is 19.1 Å². The Morgan fingerprint density at radius 1 is 1.04 bits per heavy atom. The summed E-state index contributed by atoms with van der Waals surface area (Å²) in [5, 5.41) is 7.78. The molecule has 0 atom stereocenters. The van der Waals surface area contributed by atoms with Crippen molar-refractivity contribution in [3.8, 4) is 5.75 Å². The molecule has 0 aliphatic heterocycles. The number of nitrogens with zero attached hydrogens (tertiary/aromatic N) is 1. The van der Waals surface area contributed by atoms with Crippen molar-refractivity contribution >= 4 is 34.0 Å². The predicted octanol–water partition coefficient (Wildman–Crippen LogP) is 3.98. The molecule has 7 heteroatoms. The molecule has 0 aliphatic carbocycles. The van der Waals surface area contributed by atoms with Crippen LogP contribution in [0.15, 0.2) is 60.1 Å². The van der Waals surface area contributed by atoms with Crippen LogP contribution in [0.5, 0.6) is 5.75 Å². The van der Waals surface area contributed by atoms with Crippen molar-refractivity contribution in [2.24, 2.45) is 0 Å². The van der Waals surface area contributed by atoms with Crippen LogP contribution in [0.25, 0.3) is 0 Å². The van der Waals surface area contributed by atoms with Gasteiger partial charge in [0.1, 0.15) is 5.75 Å². The number of anilines is 2. The van der Waals surface area contributed by atoms with Gasteiger partial charge in [0, 0.05) is 22.8 Å². The first-order valence-corrected chi connectivity index (χ1v) is 9.34. The van der Waals surface area contributed by atoms with E-state index in [1.54, 1.807) is 35.8 Å². The molecule has 0 fully saturated rings. The zero-order valence-corrected chi connectivity index (χ0v) is 15.6. The lowest BCUT2D eigenvalue weighted by Crippen LogP contribution is -2.20. The number of carbonyl (C=O) groups excluding carboxylic acids is 2. The van der Waals surface area contributed by atoms with Crippen LogP contribution in [0.2, 0.25) is 0 Å². The Hall–Kier alpha value is -3.19. The van der Waals surface area contributed by atoms with E-state index in [4.69, 9.17) is 4.74 Å². The normalized spacial score (nSPS) is 10.3. The lowest BCUT2D eigenvalue weighted by molar-refractivity contribution is -0.118. The van der Waals surface area contributed by atoms with Crippen LogP contribution in [0.3, 0.4) is 0 Å². The molecule has 0 unspecified atom stereocenters. The number of amides is 2. The maximum Gasteiger partial charge on any atom is 0.262 e. The number of nitrogens with one attached hydrogen (secondary N) is 2. The lowest BCUT2D eigenvalue weighted by atomic mass is 10.2. The first-order valence-electron chi connectivity index (χ1n) is 8.46. The molecule has 27 heavy (non-hydrogen) atoms. The lowest BCUT2D eigenvalue weighted by Gasteiger charge is -2.09. The third-order valence-electron chi connectivity index (χ3n) is 3.79. The first-order chi connectivity index (χ1) is 13.1. The van der Waals surface area contributed by atoms with Crippen molar-refractivity contribution in [2.45, 2.75) is 13.3 Å². The quantitative estimate of drug-likeness (QED) is 0.649. The molecule has 2 amide bonds. The SMILES string of the molecule is CCc1ccc(OCC(=O)Nc2ccc(C(=O)Nc3nccs3)cc2)cc1. The van der Waals surface area contributed by atoms with Gasteiger partial charge in [-0.3, -0.25) is 14.9 Å². The van der Waals surface area contributed by atoms with Gasteiger partial charge < -0.3 is 10.1 Å². The number of thiazole rings is 1. The minimum atomic E-state index is -0.269. The second-order valence-corrected chi connectivity index (χ2v) is 6.60. The van der Waals surface area contributed by atoms with Crippen LogP contribution in [-0.4, -0.2) is 23.4 Å². The number of benzene rings is 2. The van der Waals surface area contributed by atoms with E-state index in [2.05, 4.69) is 22.5 Å². The average molecular weight is 381 g/mol. The van der Waals surface area contributed by atoms with Gasteiger partial charge in [-0.25, -0.2) is 4.98 Å². The third-order valence-corrected chi connectivity index (χ3v) is 4.47. The summed E-state index contributed by atoms with van der Waals surface area (Å²) in [5.41, 5.74) is 2.29. The molecule has 0 aliphatic rings. The molecule has 0 spiro atoms. The van der Waals surface area contributed by atoms with Gasteiger partial charge in [0.05, 0.1) is 0 Å². The van der Waals surface area contributed by atoms with E-state index in [1.165, 1.54) is 16.9 Å². The molecule has 138 valence electrons.